The van der Waals surface area contributed by atoms with E-state index in [1.54, 1.807) is 0 Å². The van der Waals surface area contributed by atoms with Crippen LogP contribution in [0.4, 0.5) is 17.6 Å². The molecule has 0 heterocycles. The largest absolute Gasteiger partial charge is 0.491 e. The Morgan fingerprint density at radius 1 is 1.00 bits per heavy atom. The van der Waals surface area contributed by atoms with E-state index in [2.05, 4.69) is 0 Å². The first-order valence-corrected chi connectivity index (χ1v) is 10.1. The van der Waals surface area contributed by atoms with Crippen molar-refractivity contribution < 1.29 is 34.4 Å². The number of alkyl halides is 4. The smallest absolute Gasteiger partial charge is 0.247 e. The summed E-state index contributed by atoms with van der Waals surface area (Å²) in [6.07, 6.45) is -1.79. The second-order valence-corrected chi connectivity index (χ2v) is 9.83. The summed E-state index contributed by atoms with van der Waals surface area (Å²) in [6, 6.07) is 5.83. The van der Waals surface area contributed by atoms with Crippen LogP contribution in [0.15, 0.2) is 30.3 Å². The molecule has 136 valence electrons. The van der Waals surface area contributed by atoms with Crippen LogP contribution in [0, 0.1) is 4.58 Å². The molecule has 0 amide bonds. The molecule has 0 spiro atoms. The van der Waals surface area contributed by atoms with E-state index >= 15 is 0 Å². The number of sulfone groups is 2. The second kappa shape index (κ2) is 6.55. The van der Waals surface area contributed by atoms with Crippen LogP contribution in [0.2, 0.25) is 0 Å². The lowest BCUT2D eigenvalue weighted by Gasteiger charge is -2.32. The highest BCUT2D eigenvalue weighted by molar-refractivity contribution is 8.13. The standard InChI is InChI=1S/C14H15F4O4S2/c15-11-7-4-8-12(9-11)23(19,20)13(10-5-2-1-3-6-10)24(21,22)14(16,17)18/h1-3,5-6,11-12H,4,7-9H2/q-1. The van der Waals surface area contributed by atoms with Crippen LogP contribution in [0.25, 0.3) is 0 Å². The third-order valence-corrected chi connectivity index (χ3v) is 8.56. The summed E-state index contributed by atoms with van der Waals surface area (Å²) in [5.41, 5.74) is -6.34. The first-order chi connectivity index (χ1) is 11.0. The molecule has 1 aliphatic rings. The van der Waals surface area contributed by atoms with Crippen LogP contribution in [0.1, 0.15) is 31.2 Å². The topological polar surface area (TPSA) is 68.3 Å². The zero-order chi connectivity index (χ0) is 18.2. The number of hydrogen-bond donors (Lipinski definition) is 0. The first kappa shape index (κ1) is 19.0. The van der Waals surface area contributed by atoms with Gasteiger partial charge in [0.1, 0.15) is 16.0 Å². The van der Waals surface area contributed by atoms with Crippen LogP contribution in [0.5, 0.6) is 0 Å². The van der Waals surface area contributed by atoms with Crippen LogP contribution in [-0.2, 0) is 19.7 Å². The average Bonchev–Trinajstić information content (AvgIpc) is 2.46. The molecule has 0 radical (unpaired) electrons. The molecule has 2 atom stereocenters. The lowest BCUT2D eigenvalue weighted by Crippen LogP contribution is -2.40. The predicted octanol–water partition coefficient (Wildman–Crippen LogP) is 3.15. The number of halogens is 4. The molecule has 1 aliphatic carbocycles. The van der Waals surface area contributed by atoms with E-state index in [1.165, 1.54) is 18.2 Å². The van der Waals surface area contributed by atoms with Gasteiger partial charge >= 0.3 is 5.51 Å². The fourth-order valence-electron chi connectivity index (χ4n) is 2.67. The summed E-state index contributed by atoms with van der Waals surface area (Å²) in [6.45, 7) is 0. The minimum atomic E-state index is -6.11. The number of rotatable bonds is 4. The minimum Gasteiger partial charge on any atom is -0.247 e. The predicted molar refractivity (Wildman–Crippen MR) is 79.8 cm³/mol. The highest BCUT2D eigenvalue weighted by atomic mass is 32.3. The molecule has 4 nitrogen and oxygen atoms in total. The lowest BCUT2D eigenvalue weighted by molar-refractivity contribution is -0.0429. The maximum absolute atomic E-state index is 13.5. The zero-order valence-corrected chi connectivity index (χ0v) is 14.0. The first-order valence-electron chi connectivity index (χ1n) is 7.09. The van der Waals surface area contributed by atoms with E-state index in [0.717, 1.165) is 12.1 Å². The second-order valence-electron chi connectivity index (χ2n) is 5.53. The van der Waals surface area contributed by atoms with Gasteiger partial charge in [-0.1, -0.05) is 6.07 Å². The van der Waals surface area contributed by atoms with Gasteiger partial charge in [0.15, 0.2) is 0 Å². The van der Waals surface area contributed by atoms with Gasteiger partial charge in [-0.25, -0.2) is 21.2 Å². The third-order valence-electron chi connectivity index (χ3n) is 3.82. The Kier molecular flexibility index (Phi) is 5.19. The highest BCUT2D eigenvalue weighted by Crippen LogP contribution is 2.42. The van der Waals surface area contributed by atoms with E-state index in [1.807, 2.05) is 0 Å². The van der Waals surface area contributed by atoms with Crippen molar-refractivity contribution in [1.29, 1.82) is 0 Å². The minimum absolute atomic E-state index is 0.0769. The molecule has 10 heteroatoms. The summed E-state index contributed by atoms with van der Waals surface area (Å²) in [7, 11) is -11.0. The zero-order valence-electron chi connectivity index (χ0n) is 12.3. The van der Waals surface area contributed by atoms with Crippen LogP contribution >= 0.6 is 0 Å². The molecule has 0 N–H and O–H groups in total. The normalized spacial score (nSPS) is 23.0. The van der Waals surface area contributed by atoms with Gasteiger partial charge in [0.25, 0.3) is 0 Å². The van der Waals surface area contributed by atoms with Gasteiger partial charge in [-0.3, -0.25) is 0 Å². The number of hydrogen-bond acceptors (Lipinski definition) is 4. The fourth-order valence-corrected chi connectivity index (χ4v) is 6.95. The van der Waals surface area contributed by atoms with Crippen molar-refractivity contribution in [3.05, 3.63) is 40.5 Å². The van der Waals surface area contributed by atoms with Crippen molar-refractivity contribution in [1.82, 2.24) is 0 Å². The monoisotopic (exact) mass is 387 g/mol. The lowest BCUT2D eigenvalue weighted by atomic mass is 9.98. The Labute approximate surface area is 137 Å². The van der Waals surface area contributed by atoms with E-state index in [4.69, 9.17) is 0 Å². The fraction of sp³-hybridized carbons (Fsp3) is 0.500. The Morgan fingerprint density at radius 2 is 1.58 bits per heavy atom. The Morgan fingerprint density at radius 3 is 2.08 bits per heavy atom. The summed E-state index contributed by atoms with van der Waals surface area (Å²) >= 11 is 0. The van der Waals surface area contributed by atoms with Crippen molar-refractivity contribution in [2.45, 2.75) is 42.6 Å². The van der Waals surface area contributed by atoms with Gasteiger partial charge < -0.3 is 0 Å². The van der Waals surface area contributed by atoms with Crippen LogP contribution < -0.4 is 0 Å². The Balaban J connectivity index is 2.59. The number of benzene rings is 1. The van der Waals surface area contributed by atoms with Gasteiger partial charge in [-0.2, -0.15) is 30.9 Å². The van der Waals surface area contributed by atoms with E-state index < -0.39 is 53.2 Å². The highest BCUT2D eigenvalue weighted by Gasteiger charge is 2.53. The van der Waals surface area contributed by atoms with Crippen molar-refractivity contribution >= 4 is 19.7 Å². The molecule has 0 aliphatic heterocycles. The maximum Gasteiger partial charge on any atom is 0.491 e. The van der Waals surface area contributed by atoms with Crippen molar-refractivity contribution in [2.75, 3.05) is 0 Å². The summed E-state index contributed by atoms with van der Waals surface area (Å²) in [4.78, 5) is 0. The van der Waals surface area contributed by atoms with E-state index in [9.17, 15) is 34.4 Å². The Bertz CT molecular complexity index is 773. The van der Waals surface area contributed by atoms with Gasteiger partial charge in [-0.05, 0) is 25.7 Å². The van der Waals surface area contributed by atoms with Crippen molar-refractivity contribution in [3.63, 3.8) is 0 Å². The summed E-state index contributed by atoms with van der Waals surface area (Å²) in [5.74, 6) is 0. The quantitative estimate of drug-likeness (QED) is 0.588. The molecule has 1 aromatic carbocycles. The molecule has 1 aromatic rings. The molecule has 0 saturated heterocycles. The summed E-state index contributed by atoms with van der Waals surface area (Å²) < 4.78 is 99.9. The summed E-state index contributed by atoms with van der Waals surface area (Å²) in [5, 5.41) is -1.49. The third kappa shape index (κ3) is 3.53. The average molecular weight is 387 g/mol. The molecule has 1 saturated carbocycles. The molecule has 2 unspecified atom stereocenters. The van der Waals surface area contributed by atoms with Crippen LogP contribution in [-0.4, -0.2) is 33.8 Å². The SMILES string of the molecule is O=S(=O)([C-](c1ccccc1)S(=O)(=O)C(F)(F)F)C1CCCC(F)C1. The van der Waals surface area contributed by atoms with Crippen molar-refractivity contribution in [2.24, 2.45) is 0 Å². The molecular weight excluding hydrogens is 372 g/mol. The van der Waals surface area contributed by atoms with Gasteiger partial charge in [0, 0.05) is 0 Å². The van der Waals surface area contributed by atoms with Crippen LogP contribution in [0.3, 0.4) is 0 Å². The van der Waals surface area contributed by atoms with Gasteiger partial charge in [0.2, 0.25) is 9.84 Å². The van der Waals surface area contributed by atoms with E-state index in [0.29, 0.717) is 0 Å². The maximum atomic E-state index is 13.5. The van der Waals surface area contributed by atoms with E-state index in [-0.39, 0.29) is 19.3 Å². The molecule has 0 bridgehead atoms. The van der Waals surface area contributed by atoms with Gasteiger partial charge in [-0.15, -0.1) is 12.1 Å². The van der Waals surface area contributed by atoms with Crippen molar-refractivity contribution in [3.8, 4) is 0 Å². The van der Waals surface area contributed by atoms with Gasteiger partial charge in [0.05, 0.1) is 9.83 Å². The molecule has 24 heavy (non-hydrogen) atoms. The molecular formula is C14H15F4O4S2-. The molecule has 2 rings (SSSR count). The molecule has 0 aromatic heterocycles. The molecule has 1 fully saturated rings. The Hall–Kier alpha value is -1.29.